The summed E-state index contributed by atoms with van der Waals surface area (Å²) in [4.78, 5) is 13.0. The Morgan fingerprint density at radius 3 is 2.46 bits per heavy atom. The molecule has 0 bridgehead atoms. The number of amides is 1. The predicted octanol–water partition coefficient (Wildman–Crippen LogP) is 5.00. The molecule has 3 rings (SSSR count). The molecule has 2 aromatic carbocycles. The standard InChI is InChI=1S/C20H21ClFNO/c21-17-9-7-15(8-10-17)14-23-19(24)20(11-2-1-3-12-20)16-5-4-6-18(22)13-16/h4-10,13H,1-3,11-12,14H2,(H,23,24). The third-order valence-electron chi connectivity index (χ3n) is 4.89. The quantitative estimate of drug-likeness (QED) is 0.830. The molecule has 0 radical (unpaired) electrons. The molecule has 1 aliphatic carbocycles. The van der Waals surface area contributed by atoms with E-state index >= 15 is 0 Å². The second kappa shape index (κ2) is 7.35. The summed E-state index contributed by atoms with van der Waals surface area (Å²) < 4.78 is 13.7. The van der Waals surface area contributed by atoms with Gasteiger partial charge in [-0.25, -0.2) is 4.39 Å². The second-order valence-corrected chi connectivity index (χ2v) is 6.90. The largest absolute Gasteiger partial charge is 0.351 e. The van der Waals surface area contributed by atoms with Crippen LogP contribution in [0.5, 0.6) is 0 Å². The topological polar surface area (TPSA) is 29.1 Å². The summed E-state index contributed by atoms with van der Waals surface area (Å²) in [6.07, 6.45) is 4.64. The molecular formula is C20H21ClFNO. The Kier molecular flexibility index (Phi) is 5.20. The van der Waals surface area contributed by atoms with Crippen molar-refractivity contribution in [2.75, 3.05) is 0 Å². The summed E-state index contributed by atoms with van der Waals surface area (Å²) in [5, 5.41) is 3.72. The number of halogens is 2. The fourth-order valence-electron chi connectivity index (χ4n) is 3.54. The first-order valence-corrected chi connectivity index (χ1v) is 8.77. The number of carbonyl (C=O) groups is 1. The van der Waals surface area contributed by atoms with Gasteiger partial charge in [-0.3, -0.25) is 4.79 Å². The van der Waals surface area contributed by atoms with Crippen molar-refractivity contribution in [2.24, 2.45) is 0 Å². The van der Waals surface area contributed by atoms with E-state index in [1.165, 1.54) is 12.1 Å². The van der Waals surface area contributed by atoms with Crippen molar-refractivity contribution in [2.45, 2.75) is 44.1 Å². The van der Waals surface area contributed by atoms with Crippen LogP contribution in [0.15, 0.2) is 48.5 Å². The third-order valence-corrected chi connectivity index (χ3v) is 5.14. The van der Waals surface area contributed by atoms with E-state index in [9.17, 15) is 9.18 Å². The van der Waals surface area contributed by atoms with Crippen molar-refractivity contribution >= 4 is 17.5 Å². The fourth-order valence-corrected chi connectivity index (χ4v) is 3.67. The maximum atomic E-state index is 13.7. The van der Waals surface area contributed by atoms with Gasteiger partial charge in [0.25, 0.3) is 0 Å². The molecule has 1 aliphatic rings. The zero-order valence-corrected chi connectivity index (χ0v) is 14.3. The van der Waals surface area contributed by atoms with Crippen LogP contribution in [0.2, 0.25) is 5.02 Å². The van der Waals surface area contributed by atoms with Gasteiger partial charge in [0.05, 0.1) is 5.41 Å². The van der Waals surface area contributed by atoms with E-state index in [4.69, 9.17) is 11.6 Å². The van der Waals surface area contributed by atoms with Crippen molar-refractivity contribution in [3.63, 3.8) is 0 Å². The van der Waals surface area contributed by atoms with Crippen LogP contribution in [0.25, 0.3) is 0 Å². The van der Waals surface area contributed by atoms with Gasteiger partial charge in [-0.05, 0) is 48.2 Å². The van der Waals surface area contributed by atoms with E-state index in [1.54, 1.807) is 6.07 Å². The molecule has 0 saturated heterocycles. The summed E-state index contributed by atoms with van der Waals surface area (Å²) in [7, 11) is 0. The van der Waals surface area contributed by atoms with Crippen molar-refractivity contribution in [3.8, 4) is 0 Å². The molecule has 0 unspecified atom stereocenters. The molecule has 4 heteroatoms. The summed E-state index contributed by atoms with van der Waals surface area (Å²) in [5.74, 6) is -0.300. The van der Waals surface area contributed by atoms with Gasteiger partial charge in [-0.2, -0.15) is 0 Å². The first kappa shape index (κ1) is 17.0. The van der Waals surface area contributed by atoms with Gasteiger partial charge in [0.1, 0.15) is 5.82 Å². The first-order valence-electron chi connectivity index (χ1n) is 8.39. The molecule has 1 amide bonds. The van der Waals surface area contributed by atoms with Crippen molar-refractivity contribution < 1.29 is 9.18 Å². The van der Waals surface area contributed by atoms with Crippen LogP contribution in [0.1, 0.15) is 43.2 Å². The third kappa shape index (κ3) is 3.62. The predicted molar refractivity (Wildman–Crippen MR) is 94.5 cm³/mol. The highest BCUT2D eigenvalue weighted by atomic mass is 35.5. The molecule has 0 atom stereocenters. The average Bonchev–Trinajstić information content (AvgIpc) is 2.61. The highest BCUT2D eigenvalue weighted by molar-refractivity contribution is 6.30. The lowest BCUT2D eigenvalue weighted by molar-refractivity contribution is -0.128. The highest BCUT2D eigenvalue weighted by Crippen LogP contribution is 2.40. The molecule has 126 valence electrons. The molecule has 0 aliphatic heterocycles. The fraction of sp³-hybridized carbons (Fsp3) is 0.350. The Hall–Kier alpha value is -1.87. The number of hydrogen-bond donors (Lipinski definition) is 1. The monoisotopic (exact) mass is 345 g/mol. The Balaban J connectivity index is 1.80. The minimum atomic E-state index is -0.618. The van der Waals surface area contributed by atoms with Gasteiger partial charge in [-0.1, -0.05) is 55.1 Å². The molecule has 24 heavy (non-hydrogen) atoms. The molecule has 1 saturated carbocycles. The lowest BCUT2D eigenvalue weighted by Crippen LogP contribution is -2.45. The molecule has 2 aromatic rings. The van der Waals surface area contributed by atoms with Gasteiger partial charge >= 0.3 is 0 Å². The van der Waals surface area contributed by atoms with Crippen LogP contribution in [-0.4, -0.2) is 5.91 Å². The van der Waals surface area contributed by atoms with Crippen LogP contribution in [0.3, 0.4) is 0 Å². The number of hydrogen-bond acceptors (Lipinski definition) is 1. The molecular weight excluding hydrogens is 325 g/mol. The van der Waals surface area contributed by atoms with E-state index in [2.05, 4.69) is 5.32 Å². The Morgan fingerprint density at radius 2 is 1.79 bits per heavy atom. The number of carbonyl (C=O) groups excluding carboxylic acids is 1. The molecule has 1 N–H and O–H groups in total. The minimum Gasteiger partial charge on any atom is -0.351 e. The van der Waals surface area contributed by atoms with Crippen LogP contribution < -0.4 is 5.32 Å². The maximum Gasteiger partial charge on any atom is 0.230 e. The lowest BCUT2D eigenvalue weighted by Gasteiger charge is -2.36. The summed E-state index contributed by atoms with van der Waals surface area (Å²) in [6.45, 7) is 0.451. The second-order valence-electron chi connectivity index (χ2n) is 6.46. The summed E-state index contributed by atoms with van der Waals surface area (Å²) in [6, 6.07) is 13.9. The maximum absolute atomic E-state index is 13.7. The molecule has 2 nitrogen and oxygen atoms in total. The van der Waals surface area contributed by atoms with Gasteiger partial charge < -0.3 is 5.32 Å². The number of rotatable bonds is 4. The SMILES string of the molecule is O=C(NCc1ccc(Cl)cc1)C1(c2cccc(F)c2)CCCCC1. The molecule has 0 heterocycles. The lowest BCUT2D eigenvalue weighted by atomic mass is 9.68. The minimum absolute atomic E-state index is 0.0113. The normalized spacial score (nSPS) is 16.6. The molecule has 0 aromatic heterocycles. The van der Waals surface area contributed by atoms with Crippen molar-refractivity contribution in [1.29, 1.82) is 0 Å². The van der Waals surface area contributed by atoms with Gasteiger partial charge in [0.15, 0.2) is 0 Å². The first-order chi connectivity index (χ1) is 11.6. The van der Waals surface area contributed by atoms with Gasteiger partial charge in [0, 0.05) is 11.6 Å². The smallest absolute Gasteiger partial charge is 0.230 e. The van der Waals surface area contributed by atoms with Crippen molar-refractivity contribution in [3.05, 3.63) is 70.5 Å². The Morgan fingerprint density at radius 1 is 1.08 bits per heavy atom. The average molecular weight is 346 g/mol. The van der Waals surface area contributed by atoms with E-state index in [0.29, 0.717) is 11.6 Å². The van der Waals surface area contributed by atoms with Crippen LogP contribution >= 0.6 is 11.6 Å². The highest BCUT2D eigenvalue weighted by Gasteiger charge is 2.41. The van der Waals surface area contributed by atoms with Gasteiger partial charge in [0.2, 0.25) is 5.91 Å². The zero-order valence-electron chi connectivity index (χ0n) is 13.5. The summed E-state index contributed by atoms with van der Waals surface area (Å²) in [5.41, 5.74) is 1.17. The molecule has 0 spiro atoms. The molecule has 1 fully saturated rings. The van der Waals surface area contributed by atoms with Crippen LogP contribution in [0.4, 0.5) is 4.39 Å². The van der Waals surface area contributed by atoms with Crippen LogP contribution in [-0.2, 0) is 16.8 Å². The number of nitrogens with one attached hydrogen (secondary N) is 1. The van der Waals surface area contributed by atoms with Gasteiger partial charge in [-0.15, -0.1) is 0 Å². The van der Waals surface area contributed by atoms with E-state index in [1.807, 2.05) is 30.3 Å². The van der Waals surface area contributed by atoms with Crippen LogP contribution in [0, 0.1) is 5.82 Å². The van der Waals surface area contributed by atoms with Crippen molar-refractivity contribution in [1.82, 2.24) is 5.32 Å². The van der Waals surface area contributed by atoms with E-state index in [-0.39, 0.29) is 11.7 Å². The Bertz CT molecular complexity index is 708. The zero-order chi connectivity index (χ0) is 17.0. The van der Waals surface area contributed by atoms with E-state index < -0.39 is 5.41 Å². The summed E-state index contributed by atoms with van der Waals surface area (Å²) >= 11 is 5.89. The van der Waals surface area contributed by atoms with E-state index in [0.717, 1.165) is 43.2 Å². The number of benzene rings is 2. The Labute approximate surface area is 147 Å².